The zero-order valence-corrected chi connectivity index (χ0v) is 17.5. The van der Waals surface area contributed by atoms with Crippen LogP contribution in [0.1, 0.15) is 37.7 Å². The topological polar surface area (TPSA) is 66.4 Å². The molecule has 2 aromatic carbocycles. The van der Waals surface area contributed by atoms with Crippen LogP contribution in [0.15, 0.2) is 67.0 Å². The molecule has 2 heterocycles. The van der Waals surface area contributed by atoms with E-state index in [0.29, 0.717) is 35.6 Å². The molecule has 0 bridgehead atoms. The van der Waals surface area contributed by atoms with Gasteiger partial charge in [0.05, 0.1) is 17.6 Å². The molecule has 31 heavy (non-hydrogen) atoms. The summed E-state index contributed by atoms with van der Waals surface area (Å²) in [6.45, 7) is 5.44. The average Bonchev–Trinajstić information content (AvgIpc) is 3.03. The van der Waals surface area contributed by atoms with Crippen molar-refractivity contribution in [2.75, 3.05) is 26.2 Å². The van der Waals surface area contributed by atoms with Crippen LogP contribution in [0.2, 0.25) is 0 Å². The summed E-state index contributed by atoms with van der Waals surface area (Å²) in [4.78, 5) is 40.8. The van der Waals surface area contributed by atoms with Crippen LogP contribution >= 0.6 is 0 Å². The molecule has 0 N–H and O–H groups in total. The third kappa shape index (κ3) is 3.19. The van der Waals surface area contributed by atoms with Crippen molar-refractivity contribution in [3.05, 3.63) is 95.1 Å². The fourth-order valence-electron chi connectivity index (χ4n) is 4.77. The Bertz CT molecular complexity index is 1100. The van der Waals surface area contributed by atoms with Crippen molar-refractivity contribution >= 4 is 11.6 Å². The Morgan fingerprint density at radius 3 is 2.06 bits per heavy atom. The van der Waals surface area contributed by atoms with E-state index >= 15 is 0 Å². The first-order valence-electron chi connectivity index (χ1n) is 10.6. The monoisotopic (exact) mass is 412 g/mol. The van der Waals surface area contributed by atoms with E-state index in [4.69, 9.17) is 0 Å². The van der Waals surface area contributed by atoms with Gasteiger partial charge >= 0.3 is 0 Å². The van der Waals surface area contributed by atoms with E-state index < -0.39 is 5.54 Å². The van der Waals surface area contributed by atoms with Crippen molar-refractivity contribution in [3.8, 4) is 0 Å². The standard InChI is InChI=1S/C25H24N4O2/c1-18-15-26-16-22(27-18)25(23(30)20-9-5-6-10-21(20)24(25)31)29-13-11-28(12-14-29)17-19-7-3-2-4-8-19/h2-10,15-16H,11-14,17H2,1H3. The van der Waals surface area contributed by atoms with Gasteiger partial charge in [-0.2, -0.15) is 0 Å². The number of rotatable bonds is 4. The van der Waals surface area contributed by atoms with Gasteiger partial charge in [-0.25, -0.2) is 0 Å². The Balaban J connectivity index is 1.49. The van der Waals surface area contributed by atoms with Crippen molar-refractivity contribution < 1.29 is 9.59 Å². The number of piperazine rings is 1. The van der Waals surface area contributed by atoms with E-state index in [0.717, 1.165) is 19.6 Å². The molecule has 156 valence electrons. The Hall–Kier alpha value is -3.22. The molecule has 1 fully saturated rings. The highest BCUT2D eigenvalue weighted by Gasteiger charge is 2.59. The van der Waals surface area contributed by atoms with Gasteiger partial charge in [0, 0.05) is 50.0 Å². The van der Waals surface area contributed by atoms with E-state index in [1.165, 1.54) is 5.56 Å². The molecule has 1 aliphatic carbocycles. The molecule has 0 unspecified atom stereocenters. The number of fused-ring (bicyclic) bond motifs is 1. The number of carbonyl (C=O) groups excluding carboxylic acids is 2. The molecule has 1 aliphatic heterocycles. The first-order valence-corrected chi connectivity index (χ1v) is 10.6. The summed E-state index contributed by atoms with van der Waals surface area (Å²) in [6.07, 6.45) is 3.22. The van der Waals surface area contributed by atoms with Crippen molar-refractivity contribution in [2.24, 2.45) is 0 Å². The minimum Gasteiger partial charge on any atom is -0.297 e. The zero-order valence-electron chi connectivity index (χ0n) is 17.5. The molecule has 0 spiro atoms. The van der Waals surface area contributed by atoms with Gasteiger partial charge in [0.15, 0.2) is 17.1 Å². The molecule has 0 amide bonds. The largest absolute Gasteiger partial charge is 0.297 e. The van der Waals surface area contributed by atoms with Crippen LogP contribution in [0, 0.1) is 6.92 Å². The molecular formula is C25H24N4O2. The average molecular weight is 412 g/mol. The Labute approximate surface area is 181 Å². The summed E-state index contributed by atoms with van der Waals surface area (Å²) < 4.78 is 0. The number of hydrogen-bond acceptors (Lipinski definition) is 6. The first kappa shape index (κ1) is 19.7. The van der Waals surface area contributed by atoms with E-state index in [1.54, 1.807) is 36.7 Å². The Morgan fingerprint density at radius 2 is 1.45 bits per heavy atom. The molecule has 0 radical (unpaired) electrons. The fourth-order valence-corrected chi connectivity index (χ4v) is 4.77. The number of benzene rings is 2. The van der Waals surface area contributed by atoms with Gasteiger partial charge in [0.25, 0.3) is 0 Å². The second-order valence-corrected chi connectivity index (χ2v) is 8.21. The van der Waals surface area contributed by atoms with Crippen LogP contribution in [0.3, 0.4) is 0 Å². The molecule has 6 heteroatoms. The summed E-state index contributed by atoms with van der Waals surface area (Å²) in [5, 5.41) is 0. The number of Topliss-reactive ketones (excluding diaryl/α,β-unsaturated/α-hetero) is 2. The van der Waals surface area contributed by atoms with Crippen LogP contribution in [0.4, 0.5) is 0 Å². The van der Waals surface area contributed by atoms with Crippen LogP contribution in [0.5, 0.6) is 0 Å². The molecule has 1 aromatic heterocycles. The van der Waals surface area contributed by atoms with Gasteiger partial charge in [-0.3, -0.25) is 29.4 Å². The maximum Gasteiger partial charge on any atom is 0.198 e. The highest BCUT2D eigenvalue weighted by molar-refractivity contribution is 6.32. The van der Waals surface area contributed by atoms with Gasteiger partial charge in [-0.05, 0) is 12.5 Å². The van der Waals surface area contributed by atoms with Crippen molar-refractivity contribution in [3.63, 3.8) is 0 Å². The lowest BCUT2D eigenvalue weighted by Gasteiger charge is -2.43. The summed E-state index contributed by atoms with van der Waals surface area (Å²) in [5.41, 5.74) is 1.90. The molecule has 6 nitrogen and oxygen atoms in total. The Kier molecular flexibility index (Phi) is 4.96. The van der Waals surface area contributed by atoms with E-state index in [1.807, 2.05) is 30.0 Å². The zero-order chi connectivity index (χ0) is 21.4. The summed E-state index contributed by atoms with van der Waals surface area (Å²) in [7, 11) is 0. The van der Waals surface area contributed by atoms with Crippen LogP contribution in [-0.4, -0.2) is 57.5 Å². The highest BCUT2D eigenvalue weighted by Crippen LogP contribution is 2.42. The van der Waals surface area contributed by atoms with E-state index in [2.05, 4.69) is 27.0 Å². The van der Waals surface area contributed by atoms with Crippen molar-refractivity contribution in [1.82, 2.24) is 19.8 Å². The number of ketones is 2. The van der Waals surface area contributed by atoms with Gasteiger partial charge in [-0.15, -0.1) is 0 Å². The van der Waals surface area contributed by atoms with Crippen LogP contribution < -0.4 is 0 Å². The predicted molar refractivity (Wildman–Crippen MR) is 117 cm³/mol. The molecule has 0 saturated carbocycles. The highest BCUT2D eigenvalue weighted by atomic mass is 16.2. The first-order chi connectivity index (χ1) is 15.1. The molecule has 1 saturated heterocycles. The van der Waals surface area contributed by atoms with Crippen molar-refractivity contribution in [1.29, 1.82) is 0 Å². The van der Waals surface area contributed by atoms with E-state index in [9.17, 15) is 9.59 Å². The predicted octanol–water partition coefficient (Wildman–Crippen LogP) is 2.88. The summed E-state index contributed by atoms with van der Waals surface area (Å²) >= 11 is 0. The SMILES string of the molecule is Cc1cncc(C2(N3CCN(Cc4ccccc4)CC3)C(=O)c3ccccc3C2=O)n1. The van der Waals surface area contributed by atoms with Crippen molar-refractivity contribution in [2.45, 2.75) is 19.0 Å². The van der Waals surface area contributed by atoms with Gasteiger partial charge in [0.2, 0.25) is 0 Å². The van der Waals surface area contributed by atoms with Gasteiger partial charge in [0.1, 0.15) is 0 Å². The normalized spacial score (nSPS) is 18.9. The van der Waals surface area contributed by atoms with Crippen LogP contribution in [0.25, 0.3) is 0 Å². The summed E-state index contributed by atoms with van der Waals surface area (Å²) in [6, 6.07) is 17.4. The number of aromatic nitrogens is 2. The van der Waals surface area contributed by atoms with Gasteiger partial charge < -0.3 is 0 Å². The number of nitrogens with zero attached hydrogens (tertiary/aromatic N) is 4. The minimum atomic E-state index is -1.43. The van der Waals surface area contributed by atoms with Crippen LogP contribution in [-0.2, 0) is 12.1 Å². The van der Waals surface area contributed by atoms with E-state index in [-0.39, 0.29) is 11.6 Å². The molecule has 3 aromatic rings. The fraction of sp³-hybridized carbons (Fsp3) is 0.280. The number of carbonyl (C=O) groups is 2. The smallest absolute Gasteiger partial charge is 0.198 e. The molecular weight excluding hydrogens is 388 g/mol. The molecule has 2 aliphatic rings. The van der Waals surface area contributed by atoms with Gasteiger partial charge in [-0.1, -0.05) is 54.6 Å². The third-order valence-electron chi connectivity index (χ3n) is 6.29. The second kappa shape index (κ2) is 7.80. The lowest BCUT2D eigenvalue weighted by Crippen LogP contribution is -2.60. The number of aryl methyl sites for hydroxylation is 1. The second-order valence-electron chi connectivity index (χ2n) is 8.21. The third-order valence-corrected chi connectivity index (χ3v) is 6.29. The quantitative estimate of drug-likeness (QED) is 0.614. The lowest BCUT2D eigenvalue weighted by molar-refractivity contribution is 0.0265. The minimum absolute atomic E-state index is 0.190. The summed E-state index contributed by atoms with van der Waals surface area (Å²) in [5.74, 6) is -0.381. The maximum atomic E-state index is 13.8. The lowest BCUT2D eigenvalue weighted by atomic mass is 9.86. The molecule has 0 atom stereocenters. The molecule has 5 rings (SSSR count). The number of hydrogen-bond donors (Lipinski definition) is 0. The maximum absolute atomic E-state index is 13.8. The Morgan fingerprint density at radius 1 is 0.839 bits per heavy atom.